The van der Waals surface area contributed by atoms with Crippen molar-refractivity contribution in [2.24, 2.45) is 0 Å². The van der Waals surface area contributed by atoms with Crippen LogP contribution >= 0.6 is 15.8 Å². The van der Waals surface area contributed by atoms with Gasteiger partial charge >= 0.3 is 44.8 Å². The third-order valence-corrected chi connectivity index (χ3v) is 16.5. The molecule has 2 atom stereocenters. The zero-order chi connectivity index (χ0) is 40.9. The topological polar surface area (TPSA) is 25.8 Å². The minimum atomic E-state index is -0.922. The molecule has 0 amide bonds. The van der Waals surface area contributed by atoms with Crippen LogP contribution in [-0.4, -0.2) is 22.3 Å². The van der Waals surface area contributed by atoms with Crippen LogP contribution in [-0.2, 0) is 44.8 Å². The van der Waals surface area contributed by atoms with E-state index in [9.17, 15) is 0 Å². The Morgan fingerprint density at radius 3 is 0.935 bits per heavy atom. The maximum absolute atomic E-state index is 7.46. The van der Waals surface area contributed by atoms with Gasteiger partial charge in [-0.1, -0.05) is 167 Å². The van der Waals surface area contributed by atoms with Gasteiger partial charge in [-0.2, -0.15) is 0 Å². The van der Waals surface area contributed by atoms with Crippen molar-refractivity contribution in [3.05, 3.63) is 243 Å². The van der Waals surface area contributed by atoms with Crippen LogP contribution in [0.2, 0.25) is 0 Å². The predicted molar refractivity (Wildman–Crippen MR) is 262 cm³/mol. The minimum absolute atomic E-state index is 0. The van der Waals surface area contributed by atoms with Gasteiger partial charge in [-0.05, 0) is 70.1 Å². The fourth-order valence-electron chi connectivity index (χ4n) is 7.75. The number of nitrogens with zero attached hydrogens (tertiary/aromatic N) is 2. The first-order chi connectivity index (χ1) is 29.7. The van der Waals surface area contributed by atoms with Crippen LogP contribution in [0.25, 0.3) is 43.1 Å². The van der Waals surface area contributed by atoms with E-state index in [0.717, 1.165) is 66.5 Å². The van der Waals surface area contributed by atoms with Crippen molar-refractivity contribution in [1.29, 1.82) is 0 Å². The molecule has 2 aromatic heterocycles. The molecule has 0 aliphatic rings. The van der Waals surface area contributed by atoms with Gasteiger partial charge in [0.1, 0.15) is 12.3 Å². The summed E-state index contributed by atoms with van der Waals surface area (Å²) in [5.74, 6) is 5.13. The number of rotatable bonds is 7. The molecule has 0 fully saturated rings. The second-order valence-electron chi connectivity index (χ2n) is 14.3. The van der Waals surface area contributed by atoms with Crippen LogP contribution < -0.4 is 21.5 Å². The number of hydrogen-bond acceptors (Lipinski definition) is 2. The average molecular weight is 1200 g/mol. The van der Waals surface area contributed by atoms with Gasteiger partial charge in [0.25, 0.3) is 0 Å². The molecule has 10 rings (SSSR count). The van der Waals surface area contributed by atoms with E-state index in [1.165, 1.54) is 21.5 Å². The van der Waals surface area contributed by atoms with Gasteiger partial charge in [0.05, 0.1) is 26.5 Å². The van der Waals surface area contributed by atoms with Gasteiger partial charge in [-0.25, -0.2) is 9.97 Å². The molecule has 0 radical (unpaired) electrons. The summed E-state index contributed by atoms with van der Waals surface area (Å²) in [5, 5.41) is 11.9. The van der Waals surface area contributed by atoms with Crippen molar-refractivity contribution >= 4 is 80.4 Å². The molecule has 0 N–H and O–H groups in total. The monoisotopic (exact) mass is 1200 g/mol. The summed E-state index contributed by atoms with van der Waals surface area (Å²) in [6, 6.07) is 71.2. The van der Waals surface area contributed by atoms with Crippen molar-refractivity contribution < 1.29 is 44.8 Å². The van der Waals surface area contributed by atoms with E-state index in [1.54, 1.807) is 0 Å². The van der Waals surface area contributed by atoms with Crippen molar-refractivity contribution in [2.45, 2.75) is 0 Å². The minimum Gasteiger partial charge on any atom is -0.366 e. The summed E-state index contributed by atoms with van der Waals surface area (Å²) >= 11 is 0. The molecule has 0 aliphatic carbocycles. The summed E-state index contributed by atoms with van der Waals surface area (Å²) < 4.78 is 0. The molecule has 306 valence electrons. The second kappa shape index (κ2) is 23.1. The Balaban J connectivity index is 0.000000162. The standard InChI is InChI=1S/C24H22N2P2.2C16H9.2Au/c1-3-11-21(12-4-1)27(23-15-7-9-17-25-23)19-20-28(22-13-5-2-6-14-22)24-16-8-10-18-26-24;2*1-2-14-15-9-5-3-7-12(15)11-13-8-4-6-10-16(13)14;;/h1-18H,19-20H2;2*3-11H;;/q;2*-1;2*+1/p+2. The van der Waals surface area contributed by atoms with E-state index in [4.69, 9.17) is 22.8 Å². The number of hydrogen-bond donors (Lipinski definition) is 0. The molecule has 8 aromatic carbocycles. The molecule has 2 unspecified atom stereocenters. The molecule has 2 nitrogen and oxygen atoms in total. The molecule has 6 heteroatoms. The quantitative estimate of drug-likeness (QED) is 0.0523. The Hall–Kier alpha value is -5.44. The van der Waals surface area contributed by atoms with Gasteiger partial charge in [0.15, 0.2) is 10.9 Å². The summed E-state index contributed by atoms with van der Waals surface area (Å²) in [6.07, 6.45) is 21.1. The van der Waals surface area contributed by atoms with Crippen LogP contribution in [0.4, 0.5) is 0 Å². The Morgan fingerprint density at radius 2 is 0.645 bits per heavy atom. The van der Waals surface area contributed by atoms with Gasteiger partial charge in [-0.15, -0.1) is 11.1 Å². The fraction of sp³-hybridized carbons (Fsp3) is 0.0357. The summed E-state index contributed by atoms with van der Waals surface area (Å²) in [7, 11) is -1.84. The Bertz CT molecular complexity index is 2680. The first-order valence-corrected chi connectivity index (χ1v) is 23.4. The van der Waals surface area contributed by atoms with E-state index < -0.39 is 15.8 Å². The van der Waals surface area contributed by atoms with Crippen molar-refractivity contribution in [3.63, 3.8) is 0 Å². The van der Waals surface area contributed by atoms with Crippen LogP contribution in [0.5, 0.6) is 0 Å². The molecule has 0 aliphatic heterocycles. The smallest absolute Gasteiger partial charge is 0.366 e. The first kappa shape index (κ1) is 46.1. The van der Waals surface area contributed by atoms with Crippen molar-refractivity contribution in [1.82, 2.24) is 9.97 Å². The molecule has 62 heavy (non-hydrogen) atoms. The normalized spacial score (nSPS) is 11.3. The number of fused-ring (bicyclic) bond motifs is 4. The van der Waals surface area contributed by atoms with E-state index >= 15 is 0 Å². The van der Waals surface area contributed by atoms with Crippen LogP contribution in [0.3, 0.4) is 0 Å². The van der Waals surface area contributed by atoms with Gasteiger partial charge in [0.2, 0.25) is 0 Å². The van der Waals surface area contributed by atoms with E-state index in [0.29, 0.717) is 0 Å². The number of aromatic nitrogens is 2. The number of pyridine rings is 2. The van der Waals surface area contributed by atoms with Crippen molar-refractivity contribution in [3.8, 4) is 11.8 Å². The van der Waals surface area contributed by atoms with E-state index in [-0.39, 0.29) is 44.8 Å². The van der Waals surface area contributed by atoms with Crippen LogP contribution in [0, 0.1) is 24.7 Å². The zero-order valence-corrected chi connectivity index (χ0v) is 40.0. The Labute approximate surface area is 398 Å². The van der Waals surface area contributed by atoms with Crippen LogP contribution in [0.15, 0.2) is 219 Å². The Kier molecular flexibility index (Phi) is 17.2. The fourth-order valence-corrected chi connectivity index (χ4v) is 13.7. The molecule has 2 heterocycles. The Morgan fingerprint density at radius 1 is 0.355 bits per heavy atom. The van der Waals surface area contributed by atoms with Gasteiger partial charge < -0.3 is 12.8 Å². The summed E-state index contributed by atoms with van der Waals surface area (Å²) in [6.45, 7) is 0. The molecular weight excluding hydrogens is 1160 g/mol. The molecule has 0 saturated carbocycles. The maximum atomic E-state index is 7.46. The largest absolute Gasteiger partial charge is 1.00 e. The third kappa shape index (κ3) is 10.9. The maximum Gasteiger partial charge on any atom is 1.00 e. The van der Waals surface area contributed by atoms with E-state index in [1.807, 2.05) is 97.3 Å². The zero-order valence-electron chi connectivity index (χ0n) is 33.7. The van der Waals surface area contributed by atoms with E-state index in [2.05, 4.69) is 133 Å². The number of benzene rings is 8. The first-order valence-electron chi connectivity index (χ1n) is 20.0. The summed E-state index contributed by atoms with van der Waals surface area (Å²) in [5.41, 5.74) is 4.26. The average Bonchev–Trinajstić information content (AvgIpc) is 3.33. The molecular formula is C56H42Au2N2P2+2. The SMILES string of the molecule is [Au+].[Au+].[C-]#Cc1c2ccccc2cc2ccccc12.[C-]#Cc1c2ccccc2cc2ccccc12.c1ccc([PH+](CC[PH+](c2ccccc2)c2ccccn2)c2ccccn2)cc1. The molecule has 0 bridgehead atoms. The second-order valence-corrected chi connectivity index (χ2v) is 19.4. The molecule has 0 spiro atoms. The molecule has 10 aromatic rings. The molecule has 0 saturated heterocycles. The van der Waals surface area contributed by atoms with Gasteiger partial charge in [-0.3, -0.25) is 11.8 Å². The van der Waals surface area contributed by atoms with Crippen molar-refractivity contribution in [2.75, 3.05) is 12.3 Å². The third-order valence-electron chi connectivity index (χ3n) is 10.6. The van der Waals surface area contributed by atoms with Crippen LogP contribution in [0.1, 0.15) is 11.1 Å². The predicted octanol–water partition coefficient (Wildman–Crippen LogP) is 11.4. The van der Waals surface area contributed by atoms with Gasteiger partial charge in [0, 0.05) is 24.5 Å². The summed E-state index contributed by atoms with van der Waals surface area (Å²) in [4.78, 5) is 9.44.